The molecule has 0 aromatic heterocycles. The van der Waals surface area contributed by atoms with Gasteiger partial charge in [0.2, 0.25) is 0 Å². The van der Waals surface area contributed by atoms with Crippen LogP contribution in [0.4, 0.5) is 0 Å². The number of rotatable bonds is 4. The van der Waals surface area contributed by atoms with Gasteiger partial charge in [0.15, 0.2) is 0 Å². The van der Waals surface area contributed by atoms with Crippen LogP contribution in [0.25, 0.3) is 0 Å². The fourth-order valence-corrected chi connectivity index (χ4v) is 3.39. The molecule has 2 rings (SSSR count). The predicted molar refractivity (Wildman–Crippen MR) is 79.7 cm³/mol. The second-order valence-corrected chi connectivity index (χ2v) is 6.92. The Balaban J connectivity index is 1.91. The summed E-state index contributed by atoms with van der Waals surface area (Å²) < 4.78 is 1.10. The summed E-state index contributed by atoms with van der Waals surface area (Å²) in [5.41, 5.74) is 0.662. The van der Waals surface area contributed by atoms with E-state index in [2.05, 4.69) is 28.1 Å². The highest BCUT2D eigenvalue weighted by atomic mass is 79.9. The van der Waals surface area contributed by atoms with Gasteiger partial charge in [-0.05, 0) is 37.0 Å². The summed E-state index contributed by atoms with van der Waals surface area (Å²) in [6.45, 7) is 1.99. The third-order valence-electron chi connectivity index (χ3n) is 3.95. The van der Waals surface area contributed by atoms with Crippen molar-refractivity contribution in [1.82, 2.24) is 0 Å². The molecule has 2 heteroatoms. The molecule has 0 radical (unpaired) electrons. The monoisotopic (exact) mass is 310 g/mol. The van der Waals surface area contributed by atoms with Crippen LogP contribution in [0.1, 0.15) is 51.0 Å². The zero-order valence-electron chi connectivity index (χ0n) is 11.2. The first-order chi connectivity index (χ1) is 8.55. The molecule has 1 aliphatic carbocycles. The zero-order valence-corrected chi connectivity index (χ0v) is 12.7. The van der Waals surface area contributed by atoms with E-state index in [1.165, 1.54) is 37.7 Å². The van der Waals surface area contributed by atoms with Crippen molar-refractivity contribution in [2.75, 3.05) is 0 Å². The average Bonchev–Trinajstić information content (AvgIpc) is 2.32. The molecule has 0 bridgehead atoms. The Bertz CT molecular complexity index is 363. The fourth-order valence-electron chi connectivity index (χ4n) is 3.13. The summed E-state index contributed by atoms with van der Waals surface area (Å²) in [5.74, 6) is 0.726. The third kappa shape index (κ3) is 4.40. The maximum Gasteiger partial charge on any atom is 0.0662 e. The Morgan fingerprint density at radius 2 is 1.78 bits per heavy atom. The number of halogens is 1. The van der Waals surface area contributed by atoms with Gasteiger partial charge in [0.25, 0.3) is 0 Å². The second-order valence-electron chi connectivity index (χ2n) is 6.01. The van der Waals surface area contributed by atoms with Crippen molar-refractivity contribution in [3.63, 3.8) is 0 Å². The predicted octanol–water partition coefficient (Wildman–Crippen LogP) is 4.71. The van der Waals surface area contributed by atoms with Crippen LogP contribution in [0, 0.1) is 5.92 Å². The summed E-state index contributed by atoms with van der Waals surface area (Å²) in [6.07, 6.45) is 8.39. The molecular weight excluding hydrogens is 288 g/mol. The van der Waals surface area contributed by atoms with Crippen molar-refractivity contribution >= 4 is 15.9 Å². The molecule has 0 aliphatic heterocycles. The highest BCUT2D eigenvalue weighted by Gasteiger charge is 2.26. The van der Waals surface area contributed by atoms with E-state index in [9.17, 15) is 5.11 Å². The molecule has 100 valence electrons. The largest absolute Gasteiger partial charge is 0.390 e. The van der Waals surface area contributed by atoms with Crippen LogP contribution < -0.4 is 0 Å². The molecule has 1 fully saturated rings. The maximum atomic E-state index is 10.6. The number of hydrogen-bond donors (Lipinski definition) is 1. The molecule has 1 unspecified atom stereocenters. The van der Waals surface area contributed by atoms with Crippen LogP contribution in [0.15, 0.2) is 28.7 Å². The third-order valence-corrected chi connectivity index (χ3v) is 4.48. The molecule has 1 saturated carbocycles. The molecule has 1 aromatic rings. The first kappa shape index (κ1) is 14.1. The second kappa shape index (κ2) is 6.21. The van der Waals surface area contributed by atoms with Gasteiger partial charge in [0, 0.05) is 10.9 Å². The maximum absolute atomic E-state index is 10.6. The van der Waals surface area contributed by atoms with E-state index in [0.717, 1.165) is 23.2 Å². The molecule has 0 saturated heterocycles. The van der Waals surface area contributed by atoms with Gasteiger partial charge < -0.3 is 5.11 Å². The quantitative estimate of drug-likeness (QED) is 0.853. The number of aliphatic hydroxyl groups is 1. The van der Waals surface area contributed by atoms with Gasteiger partial charge in [-0.3, -0.25) is 0 Å². The molecule has 0 heterocycles. The van der Waals surface area contributed by atoms with E-state index >= 15 is 0 Å². The van der Waals surface area contributed by atoms with Crippen molar-refractivity contribution in [3.8, 4) is 0 Å². The van der Waals surface area contributed by atoms with E-state index in [0.29, 0.717) is 0 Å². The topological polar surface area (TPSA) is 20.2 Å². The summed E-state index contributed by atoms with van der Waals surface area (Å²) in [6, 6.07) is 8.29. The molecule has 1 nitrogen and oxygen atoms in total. The summed E-state index contributed by atoms with van der Waals surface area (Å²) in [4.78, 5) is 0. The zero-order chi connectivity index (χ0) is 13.0. The van der Waals surface area contributed by atoms with Gasteiger partial charge >= 0.3 is 0 Å². The first-order valence-electron chi connectivity index (χ1n) is 7.02. The van der Waals surface area contributed by atoms with Crippen LogP contribution in [0.5, 0.6) is 0 Å². The molecule has 18 heavy (non-hydrogen) atoms. The number of hydrogen-bond acceptors (Lipinski definition) is 1. The highest BCUT2D eigenvalue weighted by Crippen LogP contribution is 2.32. The van der Waals surface area contributed by atoms with Gasteiger partial charge in [0.1, 0.15) is 0 Å². The summed E-state index contributed by atoms with van der Waals surface area (Å²) in [7, 11) is 0. The molecule has 1 aromatic carbocycles. The lowest BCUT2D eigenvalue weighted by Gasteiger charge is -2.31. The first-order valence-corrected chi connectivity index (χ1v) is 7.81. The lowest BCUT2D eigenvalue weighted by molar-refractivity contribution is 0.0279. The minimum absolute atomic E-state index is 0.560. The van der Waals surface area contributed by atoms with Crippen LogP contribution >= 0.6 is 15.9 Å². The van der Waals surface area contributed by atoms with Crippen molar-refractivity contribution in [1.29, 1.82) is 0 Å². The average molecular weight is 311 g/mol. The molecule has 0 spiro atoms. The molecular formula is C16H23BrO. The smallest absolute Gasteiger partial charge is 0.0662 e. The fraction of sp³-hybridized carbons (Fsp3) is 0.625. The van der Waals surface area contributed by atoms with E-state index in [1.807, 2.05) is 19.1 Å². The lowest BCUT2D eigenvalue weighted by Crippen LogP contribution is -2.31. The SMILES string of the molecule is CC(O)(Cc1ccc(Br)cc1)CC1CCCCC1. The van der Waals surface area contributed by atoms with Crippen molar-refractivity contribution < 1.29 is 5.11 Å². The standard InChI is InChI=1S/C16H23BrO/c1-16(18,11-13-5-3-2-4-6-13)12-14-7-9-15(17)10-8-14/h7-10,13,18H,2-6,11-12H2,1H3. The minimum Gasteiger partial charge on any atom is -0.390 e. The Morgan fingerprint density at radius 3 is 2.39 bits per heavy atom. The van der Waals surface area contributed by atoms with Gasteiger partial charge in [-0.25, -0.2) is 0 Å². The van der Waals surface area contributed by atoms with E-state index in [-0.39, 0.29) is 0 Å². The molecule has 1 aliphatic rings. The summed E-state index contributed by atoms with van der Waals surface area (Å²) in [5, 5.41) is 10.6. The number of benzene rings is 1. The van der Waals surface area contributed by atoms with Crippen LogP contribution in [-0.4, -0.2) is 10.7 Å². The van der Waals surface area contributed by atoms with Gasteiger partial charge in [-0.2, -0.15) is 0 Å². The Kier molecular flexibility index (Phi) is 4.85. The van der Waals surface area contributed by atoms with Gasteiger partial charge in [-0.1, -0.05) is 60.2 Å². The summed E-state index contributed by atoms with van der Waals surface area (Å²) >= 11 is 3.44. The Morgan fingerprint density at radius 1 is 1.17 bits per heavy atom. The van der Waals surface area contributed by atoms with E-state index < -0.39 is 5.60 Å². The van der Waals surface area contributed by atoms with Gasteiger partial charge in [-0.15, -0.1) is 0 Å². The molecule has 0 amide bonds. The van der Waals surface area contributed by atoms with Crippen molar-refractivity contribution in [2.45, 2.75) is 57.5 Å². The van der Waals surface area contributed by atoms with E-state index in [4.69, 9.17) is 0 Å². The van der Waals surface area contributed by atoms with Crippen molar-refractivity contribution in [3.05, 3.63) is 34.3 Å². The molecule has 1 N–H and O–H groups in total. The van der Waals surface area contributed by atoms with E-state index in [1.54, 1.807) is 0 Å². The Hall–Kier alpha value is -0.340. The van der Waals surface area contributed by atoms with Gasteiger partial charge in [0.05, 0.1) is 5.60 Å². The lowest BCUT2D eigenvalue weighted by atomic mass is 9.79. The molecule has 1 atom stereocenters. The Labute approximate surface area is 119 Å². The van der Waals surface area contributed by atoms with Crippen LogP contribution in [-0.2, 0) is 6.42 Å². The normalized spacial score (nSPS) is 20.6. The highest BCUT2D eigenvalue weighted by molar-refractivity contribution is 9.10. The van der Waals surface area contributed by atoms with Crippen LogP contribution in [0.2, 0.25) is 0 Å². The van der Waals surface area contributed by atoms with Crippen LogP contribution in [0.3, 0.4) is 0 Å². The minimum atomic E-state index is -0.560. The van der Waals surface area contributed by atoms with Crippen molar-refractivity contribution in [2.24, 2.45) is 5.92 Å².